The number of hydrogen-bond acceptors (Lipinski definition) is 13. The lowest BCUT2D eigenvalue weighted by molar-refractivity contribution is -0.172. The molecule has 4 aromatic rings. The number of esters is 1. The number of hydrazine groups is 1. The molecular weight excluding hydrogens is 991 g/mol. The summed E-state index contributed by atoms with van der Waals surface area (Å²) in [6.07, 6.45) is 2.67. The summed E-state index contributed by atoms with van der Waals surface area (Å²) >= 11 is 0. The van der Waals surface area contributed by atoms with Crippen molar-refractivity contribution in [2.75, 3.05) is 52.0 Å². The molecule has 5 heterocycles. The van der Waals surface area contributed by atoms with Gasteiger partial charge in [-0.2, -0.15) is 5.10 Å². The summed E-state index contributed by atoms with van der Waals surface area (Å²) in [6.45, 7) is 16.4. The van der Waals surface area contributed by atoms with Gasteiger partial charge in [0.2, 0.25) is 11.8 Å². The molecule has 3 fully saturated rings. The van der Waals surface area contributed by atoms with Crippen molar-refractivity contribution in [3.63, 3.8) is 0 Å². The van der Waals surface area contributed by atoms with Crippen LogP contribution < -0.4 is 15.6 Å². The molecular formula is C58H74F2N8O9. The van der Waals surface area contributed by atoms with Gasteiger partial charge in [-0.3, -0.25) is 29.3 Å². The number of aliphatic hydroxyl groups excluding tert-OH is 1. The van der Waals surface area contributed by atoms with E-state index in [0.717, 1.165) is 36.4 Å². The number of ketones is 1. The number of aromatic nitrogens is 3. The Morgan fingerprint density at radius 2 is 1.53 bits per heavy atom. The van der Waals surface area contributed by atoms with Crippen LogP contribution >= 0.6 is 0 Å². The smallest absolute Gasteiger partial charge is 0.407 e. The normalized spacial score (nSPS) is 18.5. The molecule has 2 bridgehead atoms. The third-order valence-electron chi connectivity index (χ3n) is 15.0. The third-order valence-corrected chi connectivity index (χ3v) is 15.0. The van der Waals surface area contributed by atoms with Crippen molar-refractivity contribution in [2.24, 2.45) is 28.1 Å². The molecule has 3 amide bonds. The highest BCUT2D eigenvalue weighted by Gasteiger charge is 2.51. The average molecular weight is 1070 g/mol. The summed E-state index contributed by atoms with van der Waals surface area (Å²) in [5.74, 6) is 1.98. The standard InChI is InChI=1S/C58H74F2N8O9/c1-11-66-23-22-47(63-66)39-25-45(59)43(46(60)26-39)32-67(64-53(72)44(56(2,3)4)28-51(71)75-9)33-49(70)40(27-48(69)52(57(5,6)7)62-55(74)76-10)24-37-15-12-36(13-16-37)14-17-38-18-21-50(61-29-38)65-30-41-19-20-42(31-65)68(41)54(73)58(8)34-77-35-58/h12-13,15-16,18,21-23,25-26,29,40-42,44,49,52,70H,11,19-20,24,27-28,30-35H2,1-10H3,(H,62,74)(H,64,72)/t40-,41?,42?,44-,49+,52-/m1/s1. The molecule has 2 unspecified atom stereocenters. The number of carbonyl (C=O) groups is 5. The van der Waals surface area contributed by atoms with E-state index in [2.05, 4.69) is 37.5 Å². The SMILES string of the molecule is CCn1ccc(-c2cc(F)c(CN(C[C@H](O)[C@@H](CC(=O)[C@@H](NC(=O)OC)C(C)(C)C)Cc3ccc(C#Cc4ccc(N5CC6CCC(C5)N6C(=O)C5(C)COC5)nc4)cc3)NC(=O)[C@@H](CC(=O)OC)C(C)(C)C)c(F)c2)n1. The maximum absolute atomic E-state index is 16.1. The van der Waals surface area contributed by atoms with Crippen LogP contribution in [0, 0.1) is 51.6 Å². The Labute approximate surface area is 450 Å². The van der Waals surface area contributed by atoms with Crippen molar-refractivity contribution < 1.29 is 52.1 Å². The molecule has 2 aromatic heterocycles. The maximum Gasteiger partial charge on any atom is 0.407 e. The van der Waals surface area contributed by atoms with E-state index in [1.165, 1.54) is 19.2 Å². The number of nitrogens with zero attached hydrogens (tertiary/aromatic N) is 6. The van der Waals surface area contributed by atoms with Gasteiger partial charge in [0.15, 0.2) is 5.78 Å². The summed E-state index contributed by atoms with van der Waals surface area (Å²) in [6, 6.07) is 14.4. The van der Waals surface area contributed by atoms with Crippen molar-refractivity contribution in [1.82, 2.24) is 35.4 Å². The Kier molecular flexibility index (Phi) is 18.3. The Balaban J connectivity index is 1.12. The van der Waals surface area contributed by atoms with Gasteiger partial charge >= 0.3 is 12.1 Å². The molecule has 0 saturated carbocycles. The number of anilines is 1. The number of Topliss-reactive ketones (excluding diaryl/α,β-unsaturated/α-hetero) is 1. The molecule has 19 heteroatoms. The van der Waals surface area contributed by atoms with Crippen LogP contribution in [0.25, 0.3) is 11.3 Å². The predicted octanol–water partition coefficient (Wildman–Crippen LogP) is 6.87. The topological polar surface area (TPSA) is 198 Å². The molecule has 3 N–H and O–H groups in total. The molecule has 3 aliphatic rings. The van der Waals surface area contributed by atoms with Crippen LogP contribution in [-0.4, -0.2) is 131 Å². The van der Waals surface area contributed by atoms with Crippen LogP contribution in [0.2, 0.25) is 0 Å². The fourth-order valence-corrected chi connectivity index (χ4v) is 10.3. The molecule has 0 spiro atoms. The number of methoxy groups -OCH3 is 2. The lowest BCUT2D eigenvalue weighted by Crippen LogP contribution is -2.62. The minimum atomic E-state index is -1.43. The van der Waals surface area contributed by atoms with Crippen molar-refractivity contribution in [3.05, 3.63) is 101 Å². The lowest BCUT2D eigenvalue weighted by atomic mass is 9.78. The first kappa shape index (κ1) is 57.9. The number of carbonyl (C=O) groups excluding carboxylic acids is 5. The second kappa shape index (κ2) is 24.3. The molecule has 0 aliphatic carbocycles. The Morgan fingerprint density at radius 3 is 2.06 bits per heavy atom. The molecule has 17 nitrogen and oxygen atoms in total. The average Bonchev–Trinajstić information content (AvgIpc) is 4.01. The number of rotatable bonds is 19. The first-order chi connectivity index (χ1) is 36.4. The fraction of sp³-hybridized carbons (Fsp3) is 0.534. The lowest BCUT2D eigenvalue weighted by Gasteiger charge is -2.47. The highest BCUT2D eigenvalue weighted by atomic mass is 19.1. The summed E-state index contributed by atoms with van der Waals surface area (Å²) in [4.78, 5) is 76.1. The maximum atomic E-state index is 16.1. The number of halogens is 2. The number of pyridine rings is 1. The second-order valence-electron chi connectivity index (χ2n) is 23.1. The zero-order valence-electron chi connectivity index (χ0n) is 46.0. The first-order valence-corrected chi connectivity index (χ1v) is 26.3. The minimum Gasteiger partial charge on any atom is -0.469 e. The van der Waals surface area contributed by atoms with E-state index in [9.17, 15) is 29.1 Å². The van der Waals surface area contributed by atoms with Crippen molar-refractivity contribution >= 4 is 35.5 Å². The largest absolute Gasteiger partial charge is 0.469 e. The monoisotopic (exact) mass is 1060 g/mol. The van der Waals surface area contributed by atoms with E-state index in [-0.39, 0.29) is 42.8 Å². The number of hydrogen-bond donors (Lipinski definition) is 3. The third kappa shape index (κ3) is 14.3. The zero-order valence-corrected chi connectivity index (χ0v) is 46.0. The predicted molar refractivity (Wildman–Crippen MR) is 284 cm³/mol. The fourth-order valence-electron chi connectivity index (χ4n) is 10.3. The van der Waals surface area contributed by atoms with Crippen LogP contribution in [-0.2, 0) is 52.9 Å². The minimum absolute atomic E-state index is 0.121. The number of ether oxygens (including phenoxy) is 3. The van der Waals surface area contributed by atoms with E-state index in [4.69, 9.17) is 19.2 Å². The van der Waals surface area contributed by atoms with Gasteiger partial charge in [0.1, 0.15) is 17.5 Å². The summed E-state index contributed by atoms with van der Waals surface area (Å²) < 4.78 is 49.1. The van der Waals surface area contributed by atoms with Gasteiger partial charge in [0.05, 0.1) is 63.0 Å². The van der Waals surface area contributed by atoms with Crippen LogP contribution in [0.1, 0.15) is 103 Å². The van der Waals surface area contributed by atoms with Gasteiger partial charge in [0.25, 0.3) is 0 Å². The first-order valence-electron chi connectivity index (χ1n) is 26.3. The van der Waals surface area contributed by atoms with Gasteiger partial charge in [-0.25, -0.2) is 23.6 Å². The number of amides is 3. The molecule has 6 atom stereocenters. The van der Waals surface area contributed by atoms with Gasteiger partial charge in [-0.1, -0.05) is 65.5 Å². The number of benzene rings is 2. The van der Waals surface area contributed by atoms with Crippen molar-refractivity contribution in [3.8, 4) is 23.1 Å². The molecule has 0 radical (unpaired) electrons. The van der Waals surface area contributed by atoms with Crippen LogP contribution in [0.4, 0.5) is 19.4 Å². The number of nitrogens with one attached hydrogen (secondary N) is 2. The van der Waals surface area contributed by atoms with Crippen LogP contribution in [0.5, 0.6) is 0 Å². The number of piperazine rings is 1. The molecule has 2 aromatic carbocycles. The van der Waals surface area contributed by atoms with Crippen molar-refractivity contribution in [1.29, 1.82) is 0 Å². The zero-order chi connectivity index (χ0) is 56.0. The van der Waals surface area contributed by atoms with Crippen LogP contribution in [0.15, 0.2) is 67.0 Å². The highest BCUT2D eigenvalue weighted by Crippen LogP contribution is 2.39. The number of alkyl carbamates (subject to hydrolysis) is 1. The van der Waals surface area contributed by atoms with Gasteiger partial charge in [-0.15, -0.1) is 0 Å². The van der Waals surface area contributed by atoms with Crippen LogP contribution in [0.3, 0.4) is 0 Å². The Bertz CT molecular complexity index is 2790. The number of aryl methyl sites for hydroxylation is 1. The van der Waals surface area contributed by atoms with E-state index >= 15 is 8.78 Å². The Hall–Kier alpha value is -6.75. The number of fused-ring (bicyclic) bond motifs is 2. The van der Waals surface area contributed by atoms with Gasteiger partial charge in [0, 0.05) is 85.9 Å². The van der Waals surface area contributed by atoms with Gasteiger partial charge < -0.3 is 34.4 Å². The molecule has 3 saturated heterocycles. The summed E-state index contributed by atoms with van der Waals surface area (Å²) in [5, 5.41) is 20.5. The molecule has 414 valence electrons. The van der Waals surface area contributed by atoms with E-state index in [0.29, 0.717) is 49.7 Å². The van der Waals surface area contributed by atoms with Gasteiger partial charge in [-0.05, 0) is 97.9 Å². The second-order valence-corrected chi connectivity index (χ2v) is 23.1. The Morgan fingerprint density at radius 1 is 0.896 bits per heavy atom. The molecule has 7 rings (SSSR count). The van der Waals surface area contributed by atoms with Crippen molar-refractivity contribution in [2.45, 2.75) is 125 Å². The number of aliphatic hydroxyl groups is 1. The van der Waals surface area contributed by atoms with E-state index < -0.39 is 94.3 Å². The quantitative estimate of drug-likeness (QED) is 0.0501. The van der Waals surface area contributed by atoms with E-state index in [1.807, 2.05) is 50.2 Å². The molecule has 3 aliphatic heterocycles. The molecule has 77 heavy (non-hydrogen) atoms. The highest BCUT2D eigenvalue weighted by molar-refractivity contribution is 5.88. The van der Waals surface area contributed by atoms with E-state index in [1.54, 1.807) is 64.7 Å². The summed E-state index contributed by atoms with van der Waals surface area (Å²) in [5.41, 5.74) is 3.01. The summed E-state index contributed by atoms with van der Waals surface area (Å²) in [7, 11) is 2.40.